The fourth-order valence-electron chi connectivity index (χ4n) is 5.33. The Kier molecular flexibility index (Phi) is 11.9. The average Bonchev–Trinajstić information content (AvgIpc) is 3.58. The summed E-state index contributed by atoms with van der Waals surface area (Å²) in [5, 5.41) is 18.6. The van der Waals surface area contributed by atoms with Crippen molar-refractivity contribution in [1.29, 1.82) is 0 Å². The minimum atomic E-state index is -5.08. The van der Waals surface area contributed by atoms with E-state index in [0.717, 1.165) is 45.0 Å². The standard InChI is InChI=1S/C22H29N5O2S.2C2HF3O2/c28-20(26-8-10-29-11-9-26)22-4-1-7-25(13-18-3-12-30-16-18)14-19(22)15-27(17-22)21-23-5-2-6-24-21;2*3-2(4,5)1(6)7/h2-3,5-6,12,16,19H,1,4,7-11,13-15,17H2;2*(H,6,7)/t19-,22-;;/m0../s1. The van der Waals surface area contributed by atoms with E-state index in [2.05, 4.69) is 36.6 Å². The van der Waals surface area contributed by atoms with Crippen molar-refractivity contribution in [3.05, 3.63) is 40.8 Å². The number of thiophene rings is 1. The van der Waals surface area contributed by atoms with Crippen LogP contribution < -0.4 is 4.90 Å². The lowest BCUT2D eigenvalue weighted by atomic mass is 9.73. The number of aliphatic carboxylic acids is 2. The molecule has 3 fully saturated rings. The molecule has 5 rings (SSSR count). The van der Waals surface area contributed by atoms with E-state index in [1.165, 1.54) is 5.56 Å². The minimum absolute atomic E-state index is 0.276. The predicted molar refractivity (Wildman–Crippen MR) is 144 cm³/mol. The number of nitrogens with zero attached hydrogens (tertiary/aromatic N) is 5. The number of anilines is 1. The predicted octanol–water partition coefficient (Wildman–Crippen LogP) is 3.38. The van der Waals surface area contributed by atoms with Gasteiger partial charge in [-0.2, -0.15) is 37.7 Å². The molecule has 0 radical (unpaired) electrons. The van der Waals surface area contributed by atoms with Crippen LogP contribution in [0.15, 0.2) is 35.3 Å². The van der Waals surface area contributed by atoms with Gasteiger partial charge in [-0.3, -0.25) is 9.69 Å². The fraction of sp³-hybridized carbons (Fsp3) is 0.577. The molecule has 2 aromatic heterocycles. The highest BCUT2D eigenvalue weighted by Crippen LogP contribution is 2.45. The summed E-state index contributed by atoms with van der Waals surface area (Å²) in [6.45, 7) is 7.18. The van der Waals surface area contributed by atoms with Crippen LogP contribution in [0.4, 0.5) is 32.3 Å². The van der Waals surface area contributed by atoms with Gasteiger partial charge in [0, 0.05) is 57.6 Å². The van der Waals surface area contributed by atoms with Gasteiger partial charge in [0.15, 0.2) is 0 Å². The van der Waals surface area contributed by atoms with Gasteiger partial charge >= 0.3 is 24.3 Å². The van der Waals surface area contributed by atoms with Crippen molar-refractivity contribution in [3.63, 3.8) is 0 Å². The summed E-state index contributed by atoms with van der Waals surface area (Å²) in [5.41, 5.74) is 1.01. The van der Waals surface area contributed by atoms with E-state index in [0.29, 0.717) is 38.8 Å². The van der Waals surface area contributed by atoms with Gasteiger partial charge < -0.3 is 24.7 Å². The van der Waals surface area contributed by atoms with Crippen LogP contribution in [0.5, 0.6) is 0 Å². The smallest absolute Gasteiger partial charge is 0.475 e. The van der Waals surface area contributed by atoms with Crippen molar-refractivity contribution in [3.8, 4) is 0 Å². The zero-order valence-electron chi connectivity index (χ0n) is 23.3. The van der Waals surface area contributed by atoms with Crippen molar-refractivity contribution in [1.82, 2.24) is 19.8 Å². The summed E-state index contributed by atoms with van der Waals surface area (Å²) in [6, 6.07) is 4.05. The number of morpholine rings is 1. The van der Waals surface area contributed by atoms with Crippen LogP contribution in [-0.2, 0) is 25.7 Å². The highest BCUT2D eigenvalue weighted by Gasteiger charge is 2.55. The highest BCUT2D eigenvalue weighted by atomic mass is 32.1. The molecule has 1 amide bonds. The molecule has 11 nitrogen and oxygen atoms in total. The number of hydrogen-bond acceptors (Lipinski definition) is 9. The zero-order chi connectivity index (χ0) is 32.5. The van der Waals surface area contributed by atoms with Gasteiger partial charge in [-0.1, -0.05) is 0 Å². The fourth-order valence-corrected chi connectivity index (χ4v) is 5.99. The molecule has 2 N–H and O–H groups in total. The summed E-state index contributed by atoms with van der Waals surface area (Å²) in [4.78, 5) is 47.5. The van der Waals surface area contributed by atoms with Crippen LogP contribution in [0.25, 0.3) is 0 Å². The lowest BCUT2D eigenvalue weighted by Gasteiger charge is -2.38. The molecule has 0 aromatic carbocycles. The Morgan fingerprint density at radius 1 is 0.977 bits per heavy atom. The summed E-state index contributed by atoms with van der Waals surface area (Å²) in [6.07, 6.45) is -4.62. The number of halogens is 6. The van der Waals surface area contributed by atoms with Crippen molar-refractivity contribution >= 4 is 35.1 Å². The SMILES string of the molecule is O=C(N1CCOCC1)[C@]12CCCN(Cc3ccsc3)C[C@H]1CN(c1ncccn1)C2.O=C(O)C(F)(F)F.O=C(O)C(F)(F)F. The number of alkyl halides is 6. The molecule has 2 aromatic rings. The summed E-state index contributed by atoms with van der Waals surface area (Å²) >= 11 is 1.75. The lowest BCUT2D eigenvalue weighted by molar-refractivity contribution is -0.193. The molecule has 0 spiro atoms. The number of carboxylic acid groups (broad SMARTS) is 2. The Morgan fingerprint density at radius 2 is 1.57 bits per heavy atom. The first-order chi connectivity index (χ1) is 20.6. The molecule has 3 saturated heterocycles. The largest absolute Gasteiger partial charge is 0.490 e. The summed E-state index contributed by atoms with van der Waals surface area (Å²) < 4.78 is 69.0. The van der Waals surface area contributed by atoms with E-state index in [9.17, 15) is 31.1 Å². The lowest BCUT2D eigenvalue weighted by Crippen LogP contribution is -2.52. The van der Waals surface area contributed by atoms with E-state index in [4.69, 9.17) is 24.5 Å². The second-order valence-electron chi connectivity index (χ2n) is 10.3. The third-order valence-electron chi connectivity index (χ3n) is 7.30. The van der Waals surface area contributed by atoms with Crippen LogP contribution >= 0.6 is 11.3 Å². The first kappa shape index (κ1) is 35.0. The number of carboxylic acids is 2. The maximum Gasteiger partial charge on any atom is 0.490 e. The first-order valence-corrected chi connectivity index (χ1v) is 14.3. The number of aromatic nitrogens is 2. The molecule has 0 unspecified atom stereocenters. The molecule has 0 bridgehead atoms. The van der Waals surface area contributed by atoms with Gasteiger partial charge in [-0.25, -0.2) is 19.6 Å². The van der Waals surface area contributed by atoms with E-state index in [-0.39, 0.29) is 11.3 Å². The van der Waals surface area contributed by atoms with Crippen molar-refractivity contribution < 1.29 is 55.7 Å². The molecule has 5 heterocycles. The molecule has 18 heteroatoms. The highest BCUT2D eigenvalue weighted by molar-refractivity contribution is 7.07. The monoisotopic (exact) mass is 655 g/mol. The van der Waals surface area contributed by atoms with E-state index in [1.54, 1.807) is 23.7 Å². The maximum atomic E-state index is 13.9. The van der Waals surface area contributed by atoms with E-state index < -0.39 is 24.3 Å². The van der Waals surface area contributed by atoms with Gasteiger partial charge in [-0.15, -0.1) is 0 Å². The number of ether oxygens (including phenoxy) is 1. The van der Waals surface area contributed by atoms with Crippen LogP contribution in [-0.4, -0.2) is 113 Å². The van der Waals surface area contributed by atoms with Crippen LogP contribution in [0.3, 0.4) is 0 Å². The number of rotatable bonds is 4. The normalized spacial score (nSPS) is 22.5. The number of fused-ring (bicyclic) bond motifs is 1. The third kappa shape index (κ3) is 9.49. The Bertz CT molecular complexity index is 1210. The van der Waals surface area contributed by atoms with Crippen LogP contribution in [0.2, 0.25) is 0 Å². The minimum Gasteiger partial charge on any atom is -0.475 e. The molecule has 244 valence electrons. The second kappa shape index (κ2) is 15.0. The molecule has 0 aliphatic carbocycles. The van der Waals surface area contributed by atoms with E-state index in [1.807, 2.05) is 11.0 Å². The quantitative estimate of drug-likeness (QED) is 0.472. The van der Waals surface area contributed by atoms with E-state index >= 15 is 0 Å². The Hall–Kier alpha value is -3.51. The molecule has 3 aliphatic rings. The number of carbonyl (C=O) groups excluding carboxylic acids is 1. The summed E-state index contributed by atoms with van der Waals surface area (Å²) in [7, 11) is 0. The Labute approximate surface area is 252 Å². The van der Waals surface area contributed by atoms with Crippen molar-refractivity contribution in [2.45, 2.75) is 31.7 Å². The number of likely N-dealkylation sites (tertiary alicyclic amines) is 1. The first-order valence-electron chi connectivity index (χ1n) is 13.4. The Balaban J connectivity index is 0.000000317. The van der Waals surface area contributed by atoms with Crippen molar-refractivity contribution in [2.24, 2.45) is 11.3 Å². The Morgan fingerprint density at radius 3 is 2.09 bits per heavy atom. The maximum absolute atomic E-state index is 13.9. The van der Waals surface area contributed by atoms with Gasteiger partial charge in [-0.05, 0) is 47.8 Å². The van der Waals surface area contributed by atoms with Gasteiger partial charge in [0.05, 0.1) is 18.6 Å². The number of amides is 1. The van der Waals surface area contributed by atoms with Gasteiger partial charge in [0.1, 0.15) is 0 Å². The van der Waals surface area contributed by atoms with Crippen LogP contribution in [0, 0.1) is 11.3 Å². The van der Waals surface area contributed by atoms with Gasteiger partial charge in [0.25, 0.3) is 0 Å². The number of hydrogen-bond donors (Lipinski definition) is 2. The second-order valence-corrected chi connectivity index (χ2v) is 11.0. The molecule has 44 heavy (non-hydrogen) atoms. The average molecular weight is 656 g/mol. The molecule has 3 aliphatic heterocycles. The molecule has 0 saturated carbocycles. The number of carbonyl (C=O) groups is 3. The molecular weight excluding hydrogens is 624 g/mol. The molecular formula is C26H31F6N5O6S. The molecule has 2 atom stereocenters. The summed E-state index contributed by atoms with van der Waals surface area (Å²) in [5.74, 6) is -4.19. The third-order valence-corrected chi connectivity index (χ3v) is 8.03. The van der Waals surface area contributed by atoms with Gasteiger partial charge in [0.2, 0.25) is 11.9 Å². The zero-order valence-corrected chi connectivity index (χ0v) is 24.1. The van der Waals surface area contributed by atoms with Crippen LogP contribution in [0.1, 0.15) is 18.4 Å². The van der Waals surface area contributed by atoms with Crippen molar-refractivity contribution in [2.75, 3.05) is 57.4 Å². The topological polar surface area (TPSA) is 136 Å².